The van der Waals surface area contributed by atoms with E-state index in [0.29, 0.717) is 13.1 Å². The van der Waals surface area contributed by atoms with Gasteiger partial charge in [-0.2, -0.15) is 0 Å². The molecule has 1 unspecified atom stereocenters. The van der Waals surface area contributed by atoms with Crippen molar-refractivity contribution in [2.24, 2.45) is 0 Å². The highest BCUT2D eigenvalue weighted by atomic mass is 79.9. The van der Waals surface area contributed by atoms with Crippen molar-refractivity contribution in [3.8, 4) is 5.75 Å². The zero-order valence-corrected chi connectivity index (χ0v) is 16.0. The van der Waals surface area contributed by atoms with Gasteiger partial charge in [0.2, 0.25) is 5.91 Å². The molecule has 0 aromatic heterocycles. The second-order valence-corrected chi connectivity index (χ2v) is 7.32. The summed E-state index contributed by atoms with van der Waals surface area (Å²) in [7, 11) is 1.67. The Hall–Kier alpha value is -2.37. The molecule has 26 heavy (non-hydrogen) atoms. The molecule has 1 aliphatic heterocycles. The maximum absolute atomic E-state index is 12.2. The van der Waals surface area contributed by atoms with Crippen LogP contribution in [-0.2, 0) is 11.3 Å². The van der Waals surface area contributed by atoms with Gasteiger partial charge in [0.15, 0.2) is 0 Å². The third kappa shape index (κ3) is 3.20. The summed E-state index contributed by atoms with van der Waals surface area (Å²) in [6.45, 7) is 1.05. The van der Waals surface area contributed by atoms with E-state index in [1.807, 2.05) is 36.4 Å². The predicted octanol–water partition coefficient (Wildman–Crippen LogP) is 4.24. The smallest absolute Gasteiger partial charge is 0.235 e. The SMILES string of the molecule is COc1ccc2ccccc2c1C1NC(=O)CN1Cc1ccc(Br)cc1. The van der Waals surface area contributed by atoms with Crippen LogP contribution >= 0.6 is 15.9 Å². The van der Waals surface area contributed by atoms with Crippen LogP contribution in [0.5, 0.6) is 5.75 Å². The maximum atomic E-state index is 12.2. The van der Waals surface area contributed by atoms with Crippen LogP contribution in [0.1, 0.15) is 17.3 Å². The first-order valence-electron chi connectivity index (χ1n) is 8.49. The third-order valence-corrected chi connectivity index (χ3v) is 5.26. The number of hydrogen-bond donors (Lipinski definition) is 1. The Bertz CT molecular complexity index is 956. The minimum absolute atomic E-state index is 0.0297. The number of halogens is 1. The Morgan fingerprint density at radius 3 is 2.65 bits per heavy atom. The topological polar surface area (TPSA) is 41.6 Å². The summed E-state index contributed by atoms with van der Waals surface area (Å²) in [5.41, 5.74) is 2.17. The molecule has 1 amide bonds. The zero-order chi connectivity index (χ0) is 18.1. The first-order valence-corrected chi connectivity index (χ1v) is 9.28. The van der Waals surface area contributed by atoms with E-state index in [-0.39, 0.29) is 12.1 Å². The lowest BCUT2D eigenvalue weighted by Gasteiger charge is -2.26. The first kappa shape index (κ1) is 17.1. The van der Waals surface area contributed by atoms with Crippen LogP contribution in [0.15, 0.2) is 65.1 Å². The molecule has 4 rings (SSSR count). The minimum Gasteiger partial charge on any atom is -0.496 e. The van der Waals surface area contributed by atoms with Crippen molar-refractivity contribution in [2.75, 3.05) is 13.7 Å². The number of nitrogens with one attached hydrogen (secondary N) is 1. The van der Waals surface area contributed by atoms with Crippen molar-refractivity contribution < 1.29 is 9.53 Å². The summed E-state index contributed by atoms with van der Waals surface area (Å²) in [6, 6.07) is 20.4. The number of methoxy groups -OCH3 is 1. The molecule has 1 aliphatic rings. The highest BCUT2D eigenvalue weighted by Gasteiger charge is 2.33. The second-order valence-electron chi connectivity index (χ2n) is 6.40. The van der Waals surface area contributed by atoms with Crippen molar-refractivity contribution in [1.29, 1.82) is 0 Å². The molecule has 0 aliphatic carbocycles. The Labute approximate surface area is 160 Å². The van der Waals surface area contributed by atoms with Crippen LogP contribution in [0.4, 0.5) is 0 Å². The van der Waals surface area contributed by atoms with Gasteiger partial charge in [0, 0.05) is 16.6 Å². The Balaban J connectivity index is 1.76. The van der Waals surface area contributed by atoms with Gasteiger partial charge in [0.05, 0.1) is 13.7 Å². The van der Waals surface area contributed by atoms with Crippen LogP contribution in [0.25, 0.3) is 10.8 Å². The van der Waals surface area contributed by atoms with Gasteiger partial charge in [0.1, 0.15) is 11.9 Å². The van der Waals surface area contributed by atoms with Gasteiger partial charge in [0.25, 0.3) is 0 Å². The Kier molecular flexibility index (Phi) is 4.66. The molecule has 0 spiro atoms. The Morgan fingerprint density at radius 1 is 1.12 bits per heavy atom. The van der Waals surface area contributed by atoms with E-state index in [9.17, 15) is 4.79 Å². The fourth-order valence-electron chi connectivity index (χ4n) is 3.53. The highest BCUT2D eigenvalue weighted by molar-refractivity contribution is 9.10. The van der Waals surface area contributed by atoms with Gasteiger partial charge in [-0.3, -0.25) is 9.69 Å². The lowest BCUT2D eigenvalue weighted by Crippen LogP contribution is -2.28. The molecule has 1 saturated heterocycles. The van der Waals surface area contributed by atoms with Crippen LogP contribution in [0.2, 0.25) is 0 Å². The van der Waals surface area contributed by atoms with Gasteiger partial charge in [-0.25, -0.2) is 0 Å². The summed E-state index contributed by atoms with van der Waals surface area (Å²) < 4.78 is 6.68. The first-order chi connectivity index (χ1) is 12.7. The van der Waals surface area contributed by atoms with Crippen molar-refractivity contribution in [3.63, 3.8) is 0 Å². The number of nitrogens with zero attached hydrogens (tertiary/aromatic N) is 1. The lowest BCUT2D eigenvalue weighted by atomic mass is 10.0. The lowest BCUT2D eigenvalue weighted by molar-refractivity contribution is -0.118. The molecule has 5 heteroatoms. The van der Waals surface area contributed by atoms with Crippen molar-refractivity contribution in [2.45, 2.75) is 12.7 Å². The molecular formula is C21H19BrN2O2. The van der Waals surface area contributed by atoms with Gasteiger partial charge < -0.3 is 10.1 Å². The van der Waals surface area contributed by atoms with E-state index in [1.165, 1.54) is 0 Å². The van der Waals surface area contributed by atoms with Crippen LogP contribution in [0.3, 0.4) is 0 Å². The van der Waals surface area contributed by atoms with Gasteiger partial charge in [-0.1, -0.05) is 58.4 Å². The predicted molar refractivity (Wildman–Crippen MR) is 106 cm³/mol. The summed E-state index contributed by atoms with van der Waals surface area (Å²) in [5, 5.41) is 5.35. The standard InChI is InChI=1S/C21H19BrN2O2/c1-26-18-11-8-15-4-2-3-5-17(15)20(18)21-23-19(25)13-24(21)12-14-6-9-16(22)10-7-14/h2-11,21H,12-13H2,1H3,(H,23,25). The van der Waals surface area contributed by atoms with E-state index in [4.69, 9.17) is 4.74 Å². The molecule has 0 saturated carbocycles. The van der Waals surface area contributed by atoms with Crippen molar-refractivity contribution in [1.82, 2.24) is 10.2 Å². The number of carbonyl (C=O) groups excluding carboxylic acids is 1. The van der Waals surface area contributed by atoms with Gasteiger partial charge >= 0.3 is 0 Å². The highest BCUT2D eigenvalue weighted by Crippen LogP contribution is 2.37. The average Bonchev–Trinajstić information content (AvgIpc) is 3.02. The summed E-state index contributed by atoms with van der Waals surface area (Å²) in [6.07, 6.45) is -0.216. The molecule has 0 bridgehead atoms. The molecular weight excluding hydrogens is 392 g/mol. The summed E-state index contributed by atoms with van der Waals surface area (Å²) in [5.74, 6) is 0.818. The number of fused-ring (bicyclic) bond motifs is 1. The molecule has 1 atom stereocenters. The molecule has 1 N–H and O–H groups in total. The molecule has 3 aromatic carbocycles. The number of carbonyl (C=O) groups is 1. The fraction of sp³-hybridized carbons (Fsp3) is 0.190. The summed E-state index contributed by atoms with van der Waals surface area (Å²) in [4.78, 5) is 14.4. The quantitative estimate of drug-likeness (QED) is 0.698. The molecule has 4 nitrogen and oxygen atoms in total. The zero-order valence-electron chi connectivity index (χ0n) is 14.4. The number of rotatable bonds is 4. The van der Waals surface area contributed by atoms with Crippen molar-refractivity contribution in [3.05, 3.63) is 76.3 Å². The van der Waals surface area contributed by atoms with E-state index in [0.717, 1.165) is 32.1 Å². The fourth-order valence-corrected chi connectivity index (χ4v) is 3.79. The average molecular weight is 411 g/mol. The number of ether oxygens (including phenoxy) is 1. The van der Waals surface area contributed by atoms with Crippen LogP contribution < -0.4 is 10.1 Å². The molecule has 3 aromatic rings. The van der Waals surface area contributed by atoms with E-state index in [2.05, 4.69) is 50.4 Å². The minimum atomic E-state index is -0.216. The van der Waals surface area contributed by atoms with E-state index in [1.54, 1.807) is 7.11 Å². The maximum Gasteiger partial charge on any atom is 0.235 e. The largest absolute Gasteiger partial charge is 0.496 e. The number of hydrogen-bond acceptors (Lipinski definition) is 3. The number of amides is 1. The molecule has 1 heterocycles. The molecule has 1 fully saturated rings. The molecule has 132 valence electrons. The van der Waals surface area contributed by atoms with Crippen molar-refractivity contribution >= 4 is 32.6 Å². The summed E-state index contributed by atoms with van der Waals surface area (Å²) >= 11 is 3.47. The van der Waals surface area contributed by atoms with Gasteiger partial charge in [-0.15, -0.1) is 0 Å². The van der Waals surface area contributed by atoms with E-state index >= 15 is 0 Å². The van der Waals surface area contributed by atoms with E-state index < -0.39 is 0 Å². The Morgan fingerprint density at radius 2 is 1.88 bits per heavy atom. The van der Waals surface area contributed by atoms with Crippen LogP contribution in [0, 0.1) is 0 Å². The van der Waals surface area contributed by atoms with Crippen LogP contribution in [-0.4, -0.2) is 24.5 Å². The monoisotopic (exact) mass is 410 g/mol. The second kappa shape index (κ2) is 7.09. The molecule has 0 radical (unpaired) electrons. The third-order valence-electron chi connectivity index (χ3n) is 4.73. The normalized spacial score (nSPS) is 17.5. The van der Waals surface area contributed by atoms with Gasteiger partial charge in [-0.05, 0) is 34.5 Å². The number of benzene rings is 3.